The van der Waals surface area contributed by atoms with E-state index in [0.717, 1.165) is 18.5 Å². The highest BCUT2D eigenvalue weighted by molar-refractivity contribution is 5.79. The number of alkyl halides is 3. The molecule has 0 saturated carbocycles. The number of aliphatic imine (C=N–C) groups is 1. The summed E-state index contributed by atoms with van der Waals surface area (Å²) in [4.78, 5) is 7.90. The zero-order valence-corrected chi connectivity index (χ0v) is 16.7. The van der Waals surface area contributed by atoms with Gasteiger partial charge in [-0.15, -0.1) is 0 Å². The van der Waals surface area contributed by atoms with E-state index in [0.29, 0.717) is 36.3 Å². The predicted molar refractivity (Wildman–Crippen MR) is 103 cm³/mol. The molecule has 0 fully saturated rings. The fourth-order valence-corrected chi connectivity index (χ4v) is 2.68. The number of hydrogen-bond donors (Lipinski definition) is 2. The third kappa shape index (κ3) is 7.63. The fraction of sp³-hybridized carbons (Fsp3) is 0.526. The van der Waals surface area contributed by atoms with Crippen molar-refractivity contribution in [3.63, 3.8) is 0 Å². The average molecular weight is 413 g/mol. The molecule has 0 saturated heterocycles. The molecule has 0 amide bonds. The molecule has 0 radical (unpaired) electrons. The highest BCUT2D eigenvalue weighted by atomic mass is 19.4. The molecule has 160 valence electrons. The van der Waals surface area contributed by atoms with Crippen molar-refractivity contribution in [3.05, 3.63) is 41.4 Å². The van der Waals surface area contributed by atoms with E-state index in [1.807, 2.05) is 6.07 Å². The second-order valence-electron chi connectivity index (χ2n) is 6.42. The highest BCUT2D eigenvalue weighted by Gasteiger charge is 2.28. The summed E-state index contributed by atoms with van der Waals surface area (Å²) >= 11 is 0. The third-order valence-corrected chi connectivity index (χ3v) is 4.28. The molecule has 2 N–H and O–H groups in total. The second-order valence-corrected chi connectivity index (χ2v) is 6.42. The second kappa shape index (κ2) is 10.7. The van der Waals surface area contributed by atoms with E-state index in [4.69, 9.17) is 4.52 Å². The van der Waals surface area contributed by atoms with Crippen LogP contribution in [0.2, 0.25) is 0 Å². The lowest BCUT2D eigenvalue weighted by Crippen LogP contribution is -2.36. The predicted octanol–water partition coefficient (Wildman–Crippen LogP) is 3.78. The van der Waals surface area contributed by atoms with Crippen LogP contribution in [0.4, 0.5) is 13.2 Å². The number of halogens is 3. The fourth-order valence-electron chi connectivity index (χ4n) is 2.68. The van der Waals surface area contributed by atoms with Crippen molar-refractivity contribution in [2.24, 2.45) is 4.99 Å². The van der Waals surface area contributed by atoms with Crippen LogP contribution in [-0.4, -0.2) is 35.9 Å². The van der Waals surface area contributed by atoms with Gasteiger partial charge in [0.1, 0.15) is 0 Å². The highest BCUT2D eigenvalue weighted by Crippen LogP contribution is 2.22. The van der Waals surface area contributed by atoms with Gasteiger partial charge in [0.2, 0.25) is 5.88 Å². The van der Waals surface area contributed by atoms with Crippen LogP contribution in [0.5, 0.6) is 5.88 Å². The maximum absolute atomic E-state index is 12.3. The van der Waals surface area contributed by atoms with Crippen molar-refractivity contribution in [1.29, 1.82) is 0 Å². The summed E-state index contributed by atoms with van der Waals surface area (Å²) in [7, 11) is 1.62. The van der Waals surface area contributed by atoms with Crippen LogP contribution >= 0.6 is 0 Å². The molecule has 0 bridgehead atoms. The minimum absolute atomic E-state index is 0.0832. The number of hydrogen-bond acceptors (Lipinski definition) is 5. The molecule has 0 aliphatic carbocycles. The van der Waals surface area contributed by atoms with Crippen LogP contribution in [0.25, 0.3) is 0 Å². The number of nitrogens with one attached hydrogen (secondary N) is 2. The summed E-state index contributed by atoms with van der Waals surface area (Å²) < 4.78 is 46.8. The quantitative estimate of drug-likeness (QED) is 0.481. The molecular weight excluding hydrogens is 387 g/mol. The van der Waals surface area contributed by atoms with E-state index in [2.05, 4.69) is 44.4 Å². The Balaban J connectivity index is 1.85. The SMILES string of the molecule is CCC(CC)c1cc(CNC(=NC)NCc2ccnc(OCC(F)(F)F)c2)on1. The molecule has 2 aromatic heterocycles. The molecule has 2 aromatic rings. The number of pyridine rings is 1. The molecule has 2 heterocycles. The molecule has 0 aliphatic heterocycles. The van der Waals surface area contributed by atoms with Gasteiger partial charge in [0, 0.05) is 37.8 Å². The summed E-state index contributed by atoms with van der Waals surface area (Å²) in [5.41, 5.74) is 1.65. The first-order valence-corrected chi connectivity index (χ1v) is 9.39. The van der Waals surface area contributed by atoms with E-state index in [1.165, 1.54) is 12.3 Å². The van der Waals surface area contributed by atoms with Crippen molar-refractivity contribution < 1.29 is 22.4 Å². The van der Waals surface area contributed by atoms with E-state index in [1.54, 1.807) is 13.1 Å². The van der Waals surface area contributed by atoms with Gasteiger partial charge in [0.15, 0.2) is 18.3 Å². The summed E-state index contributed by atoms with van der Waals surface area (Å²) in [6.07, 6.45) is -1.01. The van der Waals surface area contributed by atoms with Crippen molar-refractivity contribution in [2.75, 3.05) is 13.7 Å². The van der Waals surface area contributed by atoms with E-state index >= 15 is 0 Å². The molecule has 29 heavy (non-hydrogen) atoms. The lowest BCUT2D eigenvalue weighted by Gasteiger charge is -2.12. The Kier molecular flexibility index (Phi) is 8.29. The van der Waals surface area contributed by atoms with Gasteiger partial charge in [0.25, 0.3) is 0 Å². The Hall–Kier alpha value is -2.78. The summed E-state index contributed by atoms with van der Waals surface area (Å²) in [6, 6.07) is 5.06. The minimum atomic E-state index is -4.41. The molecule has 10 heteroatoms. The van der Waals surface area contributed by atoms with Gasteiger partial charge < -0.3 is 19.9 Å². The van der Waals surface area contributed by atoms with E-state index in [-0.39, 0.29) is 5.88 Å². The molecule has 0 spiro atoms. The topological polar surface area (TPSA) is 84.6 Å². The Labute approximate surface area is 167 Å². The zero-order valence-electron chi connectivity index (χ0n) is 16.7. The molecule has 0 unspecified atom stereocenters. The average Bonchev–Trinajstić information content (AvgIpc) is 3.16. The van der Waals surface area contributed by atoms with Gasteiger partial charge in [0.05, 0.1) is 12.2 Å². The number of aromatic nitrogens is 2. The van der Waals surface area contributed by atoms with Crippen molar-refractivity contribution in [1.82, 2.24) is 20.8 Å². The van der Waals surface area contributed by atoms with Crippen LogP contribution in [0.3, 0.4) is 0 Å². The molecule has 2 rings (SSSR count). The van der Waals surface area contributed by atoms with E-state index < -0.39 is 12.8 Å². The Bertz CT molecular complexity index is 788. The standard InChI is InChI=1S/C19H26F3N5O2/c1-4-14(5-2)16-9-15(29-27-16)11-26-18(23-3)25-10-13-6-7-24-17(8-13)28-12-19(20,21)22/h6-9,14H,4-5,10-12H2,1-3H3,(H2,23,25,26). The number of guanidine groups is 1. The number of nitrogens with zero attached hydrogens (tertiary/aromatic N) is 3. The van der Waals surface area contributed by atoms with E-state index in [9.17, 15) is 13.2 Å². The Morgan fingerprint density at radius 2 is 1.93 bits per heavy atom. The lowest BCUT2D eigenvalue weighted by atomic mass is 9.99. The van der Waals surface area contributed by atoms with Crippen LogP contribution in [-0.2, 0) is 13.1 Å². The number of rotatable bonds is 9. The maximum atomic E-state index is 12.3. The smallest absolute Gasteiger partial charge is 0.422 e. The minimum Gasteiger partial charge on any atom is -0.468 e. The number of ether oxygens (including phenoxy) is 1. The van der Waals surface area contributed by atoms with Gasteiger partial charge in [-0.25, -0.2) is 4.98 Å². The van der Waals surface area contributed by atoms with Gasteiger partial charge >= 0.3 is 6.18 Å². The molecule has 0 atom stereocenters. The molecule has 0 aliphatic rings. The maximum Gasteiger partial charge on any atom is 0.422 e. The van der Waals surface area contributed by atoms with Gasteiger partial charge in [-0.3, -0.25) is 4.99 Å². The zero-order chi connectivity index (χ0) is 21.3. The van der Waals surface area contributed by atoms with Crippen LogP contribution < -0.4 is 15.4 Å². The van der Waals surface area contributed by atoms with Gasteiger partial charge in [-0.05, 0) is 24.5 Å². The first-order chi connectivity index (χ1) is 13.8. The van der Waals surface area contributed by atoms with Crippen molar-refractivity contribution in [3.8, 4) is 5.88 Å². The van der Waals surface area contributed by atoms with Crippen LogP contribution in [0, 0.1) is 0 Å². The largest absolute Gasteiger partial charge is 0.468 e. The third-order valence-electron chi connectivity index (χ3n) is 4.28. The van der Waals surface area contributed by atoms with Crippen molar-refractivity contribution >= 4 is 5.96 Å². The summed E-state index contributed by atoms with van der Waals surface area (Å²) in [5.74, 6) is 1.51. The lowest BCUT2D eigenvalue weighted by molar-refractivity contribution is -0.154. The normalized spacial score (nSPS) is 12.3. The molecular formula is C19H26F3N5O2. The van der Waals surface area contributed by atoms with Crippen LogP contribution in [0.15, 0.2) is 33.9 Å². The van der Waals surface area contributed by atoms with Gasteiger partial charge in [-0.2, -0.15) is 13.2 Å². The van der Waals surface area contributed by atoms with Crippen molar-refractivity contribution in [2.45, 2.75) is 51.9 Å². The Morgan fingerprint density at radius 3 is 2.59 bits per heavy atom. The van der Waals surface area contributed by atoms with Crippen LogP contribution in [0.1, 0.15) is 49.6 Å². The van der Waals surface area contributed by atoms with Gasteiger partial charge in [-0.1, -0.05) is 19.0 Å². The first kappa shape index (κ1) is 22.5. The summed E-state index contributed by atoms with van der Waals surface area (Å²) in [5, 5.41) is 10.3. The molecule has 0 aromatic carbocycles. The monoisotopic (exact) mass is 413 g/mol. The molecule has 7 nitrogen and oxygen atoms in total. The first-order valence-electron chi connectivity index (χ1n) is 9.39. The Morgan fingerprint density at radius 1 is 1.21 bits per heavy atom. The summed E-state index contributed by atoms with van der Waals surface area (Å²) in [6.45, 7) is 3.59.